The Hall–Kier alpha value is -1.29. The first-order valence-electron chi connectivity index (χ1n) is 8.67. The lowest BCUT2D eigenvalue weighted by Crippen LogP contribution is -2.39. The Morgan fingerprint density at radius 2 is 1.91 bits per heavy atom. The van der Waals surface area contributed by atoms with Crippen LogP contribution in [0, 0.1) is 12.8 Å². The smallest absolute Gasteiger partial charge is 0.255 e. The number of aromatic amines is 1. The van der Waals surface area contributed by atoms with Gasteiger partial charge in [0, 0.05) is 17.5 Å². The van der Waals surface area contributed by atoms with Crippen molar-refractivity contribution in [2.75, 3.05) is 0 Å². The maximum Gasteiger partial charge on any atom is 0.255 e. The number of hydrogen-bond acceptors (Lipinski definition) is 3. The maximum atomic E-state index is 12.4. The van der Waals surface area contributed by atoms with Crippen molar-refractivity contribution in [1.82, 2.24) is 4.98 Å². The summed E-state index contributed by atoms with van der Waals surface area (Å²) < 4.78 is 5.68. The van der Waals surface area contributed by atoms with Gasteiger partial charge in [0.2, 0.25) is 6.29 Å². The SMILES string of the molecule is CCCCC[C@@H]1c2c(cc(C)[nH]c2=O)O[C@@H](O)[C@@H]1CCCC. The Kier molecular flexibility index (Phi) is 6.07. The van der Waals surface area contributed by atoms with E-state index in [1.165, 1.54) is 0 Å². The van der Waals surface area contributed by atoms with Crippen LogP contribution in [0.15, 0.2) is 10.9 Å². The van der Waals surface area contributed by atoms with Gasteiger partial charge in [-0.15, -0.1) is 0 Å². The third-order valence-electron chi connectivity index (χ3n) is 4.68. The van der Waals surface area contributed by atoms with Crippen LogP contribution in [-0.4, -0.2) is 16.4 Å². The second-order valence-corrected chi connectivity index (χ2v) is 6.48. The van der Waals surface area contributed by atoms with Gasteiger partial charge in [-0.2, -0.15) is 0 Å². The summed E-state index contributed by atoms with van der Waals surface area (Å²) in [6.07, 6.45) is 6.59. The molecule has 1 aliphatic rings. The summed E-state index contributed by atoms with van der Waals surface area (Å²) in [7, 11) is 0. The van der Waals surface area contributed by atoms with Crippen LogP contribution in [0.1, 0.15) is 76.0 Å². The molecule has 0 amide bonds. The topological polar surface area (TPSA) is 62.3 Å². The molecule has 1 aromatic heterocycles. The zero-order valence-corrected chi connectivity index (χ0v) is 14.0. The van der Waals surface area contributed by atoms with Gasteiger partial charge in [-0.05, 0) is 25.8 Å². The molecule has 2 N–H and O–H groups in total. The fourth-order valence-corrected chi connectivity index (χ4v) is 3.50. The van der Waals surface area contributed by atoms with Gasteiger partial charge < -0.3 is 14.8 Å². The second kappa shape index (κ2) is 7.82. The van der Waals surface area contributed by atoms with Crippen LogP contribution >= 0.6 is 0 Å². The molecule has 0 unspecified atom stereocenters. The van der Waals surface area contributed by atoms with E-state index in [1.54, 1.807) is 0 Å². The van der Waals surface area contributed by atoms with E-state index in [0.29, 0.717) is 5.75 Å². The summed E-state index contributed by atoms with van der Waals surface area (Å²) >= 11 is 0. The summed E-state index contributed by atoms with van der Waals surface area (Å²) in [6, 6.07) is 1.84. The Bertz CT molecular complexity index is 538. The number of hydrogen-bond donors (Lipinski definition) is 2. The van der Waals surface area contributed by atoms with Gasteiger partial charge in [0.25, 0.3) is 5.56 Å². The first-order chi connectivity index (χ1) is 10.6. The number of unbranched alkanes of at least 4 members (excludes halogenated alkanes) is 3. The minimum Gasteiger partial charge on any atom is -0.464 e. The molecule has 2 rings (SSSR count). The number of fused-ring (bicyclic) bond motifs is 1. The number of nitrogens with one attached hydrogen (secondary N) is 1. The number of aliphatic hydroxyl groups excluding tert-OH is 1. The van der Waals surface area contributed by atoms with Crippen LogP contribution in [0.5, 0.6) is 5.75 Å². The molecule has 0 saturated carbocycles. The third-order valence-corrected chi connectivity index (χ3v) is 4.68. The van der Waals surface area contributed by atoms with Crippen molar-refractivity contribution >= 4 is 0 Å². The summed E-state index contributed by atoms with van der Waals surface area (Å²) in [4.78, 5) is 15.3. The predicted molar refractivity (Wildman–Crippen MR) is 88.3 cm³/mol. The van der Waals surface area contributed by atoms with Gasteiger partial charge in [0.1, 0.15) is 5.75 Å². The first-order valence-corrected chi connectivity index (χ1v) is 8.67. The number of H-pyrrole nitrogens is 1. The van der Waals surface area contributed by atoms with E-state index < -0.39 is 6.29 Å². The Labute approximate surface area is 132 Å². The molecule has 0 spiro atoms. The highest BCUT2D eigenvalue weighted by Crippen LogP contribution is 2.42. The number of aliphatic hydroxyl groups is 1. The normalized spacial score (nSPS) is 23.9. The molecule has 1 aliphatic heterocycles. The fraction of sp³-hybridized carbons (Fsp3) is 0.722. The van der Waals surface area contributed by atoms with E-state index in [2.05, 4.69) is 18.8 Å². The van der Waals surface area contributed by atoms with E-state index in [0.717, 1.165) is 56.2 Å². The molecule has 0 saturated heterocycles. The average Bonchev–Trinajstić information content (AvgIpc) is 2.45. The van der Waals surface area contributed by atoms with Gasteiger partial charge in [0.05, 0.1) is 5.56 Å². The molecule has 1 aromatic rings. The molecular formula is C18H29NO3. The van der Waals surface area contributed by atoms with E-state index >= 15 is 0 Å². The molecule has 0 radical (unpaired) electrons. The summed E-state index contributed by atoms with van der Waals surface area (Å²) in [5.41, 5.74) is 1.47. The largest absolute Gasteiger partial charge is 0.464 e. The van der Waals surface area contributed by atoms with E-state index in [-0.39, 0.29) is 17.4 Å². The molecule has 4 nitrogen and oxygen atoms in total. The number of pyridine rings is 1. The Morgan fingerprint density at radius 3 is 2.59 bits per heavy atom. The van der Waals surface area contributed by atoms with Crippen molar-refractivity contribution in [3.63, 3.8) is 0 Å². The highest BCUT2D eigenvalue weighted by Gasteiger charge is 2.38. The van der Waals surface area contributed by atoms with Crippen molar-refractivity contribution in [3.05, 3.63) is 27.7 Å². The summed E-state index contributed by atoms with van der Waals surface area (Å²) in [6.45, 7) is 6.16. The van der Waals surface area contributed by atoms with E-state index in [1.807, 2.05) is 13.0 Å². The zero-order chi connectivity index (χ0) is 16.1. The van der Waals surface area contributed by atoms with Crippen molar-refractivity contribution in [2.24, 2.45) is 5.92 Å². The van der Waals surface area contributed by atoms with Crippen LogP contribution in [0.2, 0.25) is 0 Å². The van der Waals surface area contributed by atoms with Crippen molar-refractivity contribution < 1.29 is 9.84 Å². The minimum absolute atomic E-state index is 0.0214. The molecule has 22 heavy (non-hydrogen) atoms. The van der Waals surface area contributed by atoms with Gasteiger partial charge in [-0.25, -0.2) is 0 Å². The minimum atomic E-state index is -0.799. The molecule has 2 heterocycles. The van der Waals surface area contributed by atoms with Gasteiger partial charge >= 0.3 is 0 Å². The van der Waals surface area contributed by atoms with Crippen molar-refractivity contribution in [1.29, 1.82) is 0 Å². The zero-order valence-electron chi connectivity index (χ0n) is 14.0. The van der Waals surface area contributed by atoms with Crippen LogP contribution in [0.3, 0.4) is 0 Å². The van der Waals surface area contributed by atoms with Gasteiger partial charge in [0.15, 0.2) is 0 Å². The van der Waals surface area contributed by atoms with Gasteiger partial charge in [-0.1, -0.05) is 46.0 Å². The quantitative estimate of drug-likeness (QED) is 0.752. The highest BCUT2D eigenvalue weighted by molar-refractivity contribution is 5.38. The highest BCUT2D eigenvalue weighted by atomic mass is 16.6. The lowest BCUT2D eigenvalue weighted by molar-refractivity contribution is -0.0874. The fourth-order valence-electron chi connectivity index (χ4n) is 3.50. The summed E-state index contributed by atoms with van der Waals surface area (Å²) in [5, 5.41) is 10.4. The molecule has 0 aliphatic carbocycles. The van der Waals surface area contributed by atoms with Crippen LogP contribution < -0.4 is 10.3 Å². The van der Waals surface area contributed by atoms with Crippen LogP contribution in [0.4, 0.5) is 0 Å². The first kappa shape index (κ1) is 17.1. The lowest BCUT2D eigenvalue weighted by atomic mass is 9.77. The number of aromatic nitrogens is 1. The molecule has 124 valence electrons. The van der Waals surface area contributed by atoms with Crippen LogP contribution in [-0.2, 0) is 0 Å². The number of ether oxygens (including phenoxy) is 1. The van der Waals surface area contributed by atoms with E-state index in [9.17, 15) is 9.90 Å². The molecule has 0 fully saturated rings. The predicted octanol–water partition coefficient (Wildman–Crippen LogP) is 3.86. The van der Waals surface area contributed by atoms with Crippen molar-refractivity contribution in [2.45, 2.75) is 77.9 Å². The maximum absolute atomic E-state index is 12.4. The van der Waals surface area contributed by atoms with Crippen molar-refractivity contribution in [3.8, 4) is 5.75 Å². The standard InChI is InChI=1S/C18H29NO3/c1-4-6-8-10-13-14(9-7-5-2)18(21)22-15-11-12(3)19-17(20)16(13)15/h11,13-14,18,21H,4-10H2,1-3H3,(H,19,20)/t13-,14+,18+/m0/s1. The molecular weight excluding hydrogens is 278 g/mol. The Balaban J connectivity index is 2.34. The molecule has 0 bridgehead atoms. The lowest BCUT2D eigenvalue weighted by Gasteiger charge is -2.37. The van der Waals surface area contributed by atoms with Crippen LogP contribution in [0.25, 0.3) is 0 Å². The molecule has 4 heteroatoms. The average molecular weight is 307 g/mol. The molecule has 0 aromatic carbocycles. The number of rotatable bonds is 7. The summed E-state index contributed by atoms with van der Waals surface area (Å²) in [5.74, 6) is 0.692. The Morgan fingerprint density at radius 1 is 1.18 bits per heavy atom. The second-order valence-electron chi connectivity index (χ2n) is 6.48. The number of aryl methyl sites for hydroxylation is 1. The third kappa shape index (κ3) is 3.72. The monoisotopic (exact) mass is 307 g/mol. The molecule has 3 atom stereocenters. The van der Waals surface area contributed by atoms with Gasteiger partial charge in [-0.3, -0.25) is 4.79 Å². The van der Waals surface area contributed by atoms with E-state index in [4.69, 9.17) is 4.74 Å².